The molecule has 0 bridgehead atoms. The summed E-state index contributed by atoms with van der Waals surface area (Å²) < 4.78 is 7.19. The molecule has 0 amide bonds. The molecule has 0 aromatic carbocycles. The average Bonchev–Trinajstić information content (AvgIpc) is 2.67. The summed E-state index contributed by atoms with van der Waals surface area (Å²) in [7, 11) is 1.84. The maximum Gasteiger partial charge on any atom is 0.219 e. The third-order valence-electron chi connectivity index (χ3n) is 2.13. The molecule has 0 radical (unpaired) electrons. The molecule has 5 nitrogen and oxygen atoms in total. The zero-order valence-corrected chi connectivity index (χ0v) is 9.13. The number of nitrogens with two attached hydrogens (primary N) is 1. The van der Waals surface area contributed by atoms with Crippen molar-refractivity contribution in [2.45, 2.75) is 6.42 Å². The van der Waals surface area contributed by atoms with E-state index in [9.17, 15) is 0 Å². The molecule has 0 spiro atoms. The van der Waals surface area contributed by atoms with E-state index < -0.39 is 0 Å². The molecule has 0 unspecified atom stereocenters. The SMILES string of the molecule is Cn1cc(Oc2ccc(CCN)cn2)cn1. The number of ether oxygens (including phenoxy) is 1. The van der Waals surface area contributed by atoms with Crippen LogP contribution >= 0.6 is 0 Å². The number of aryl methyl sites for hydroxylation is 1. The predicted molar refractivity (Wildman–Crippen MR) is 60.3 cm³/mol. The Hall–Kier alpha value is -1.88. The zero-order valence-electron chi connectivity index (χ0n) is 9.13. The third-order valence-corrected chi connectivity index (χ3v) is 2.13. The highest BCUT2D eigenvalue weighted by molar-refractivity contribution is 5.23. The minimum absolute atomic E-state index is 0.564. The first-order chi connectivity index (χ1) is 7.78. The number of hydrogen-bond donors (Lipinski definition) is 1. The van der Waals surface area contributed by atoms with Crippen LogP contribution in [-0.4, -0.2) is 21.3 Å². The Balaban J connectivity index is 2.05. The van der Waals surface area contributed by atoms with Gasteiger partial charge in [0.2, 0.25) is 5.88 Å². The Morgan fingerprint density at radius 2 is 2.25 bits per heavy atom. The number of aromatic nitrogens is 3. The van der Waals surface area contributed by atoms with E-state index in [1.807, 2.05) is 19.2 Å². The molecule has 2 N–H and O–H groups in total. The van der Waals surface area contributed by atoms with Crippen LogP contribution in [0, 0.1) is 0 Å². The van der Waals surface area contributed by atoms with Crippen molar-refractivity contribution in [3.05, 3.63) is 36.3 Å². The molecular weight excluding hydrogens is 204 g/mol. The van der Waals surface area contributed by atoms with Crippen LogP contribution in [0.1, 0.15) is 5.56 Å². The fourth-order valence-electron chi connectivity index (χ4n) is 1.36. The molecule has 0 atom stereocenters. The third kappa shape index (κ3) is 2.58. The highest BCUT2D eigenvalue weighted by Gasteiger charge is 2.00. The lowest BCUT2D eigenvalue weighted by Crippen LogP contribution is -2.02. The number of nitrogens with zero attached hydrogens (tertiary/aromatic N) is 3. The molecule has 0 aliphatic carbocycles. The van der Waals surface area contributed by atoms with Crippen LogP contribution in [0.4, 0.5) is 0 Å². The van der Waals surface area contributed by atoms with Crippen LogP contribution in [0.2, 0.25) is 0 Å². The molecule has 2 rings (SSSR count). The summed E-state index contributed by atoms with van der Waals surface area (Å²) in [5.41, 5.74) is 6.57. The van der Waals surface area contributed by atoms with E-state index in [4.69, 9.17) is 10.5 Å². The van der Waals surface area contributed by atoms with Crippen LogP contribution in [-0.2, 0) is 13.5 Å². The summed E-state index contributed by atoms with van der Waals surface area (Å²) >= 11 is 0. The molecule has 0 fully saturated rings. The minimum Gasteiger partial charge on any atom is -0.436 e. The van der Waals surface area contributed by atoms with Gasteiger partial charge < -0.3 is 10.5 Å². The van der Waals surface area contributed by atoms with Gasteiger partial charge in [0.25, 0.3) is 0 Å². The molecule has 5 heteroatoms. The smallest absolute Gasteiger partial charge is 0.219 e. The standard InChI is InChI=1S/C11H14N4O/c1-15-8-10(7-14-15)16-11-3-2-9(4-5-12)6-13-11/h2-3,6-8H,4-5,12H2,1H3. The largest absolute Gasteiger partial charge is 0.436 e. The van der Waals surface area contributed by atoms with Gasteiger partial charge in [-0.15, -0.1) is 0 Å². The Bertz CT molecular complexity index is 449. The first-order valence-corrected chi connectivity index (χ1v) is 5.09. The van der Waals surface area contributed by atoms with Crippen molar-refractivity contribution in [3.8, 4) is 11.6 Å². The fraction of sp³-hybridized carbons (Fsp3) is 0.273. The lowest BCUT2D eigenvalue weighted by Gasteiger charge is -2.02. The first-order valence-electron chi connectivity index (χ1n) is 5.09. The quantitative estimate of drug-likeness (QED) is 0.834. The maximum absolute atomic E-state index is 5.51. The van der Waals surface area contributed by atoms with Crippen molar-refractivity contribution in [1.29, 1.82) is 0 Å². The lowest BCUT2D eigenvalue weighted by atomic mass is 10.2. The summed E-state index contributed by atoms with van der Waals surface area (Å²) in [6.07, 6.45) is 6.05. The van der Waals surface area contributed by atoms with Crippen LogP contribution in [0.25, 0.3) is 0 Å². The van der Waals surface area contributed by atoms with Gasteiger partial charge in [0.15, 0.2) is 5.75 Å². The van der Waals surface area contributed by atoms with Gasteiger partial charge in [0.05, 0.1) is 12.4 Å². The highest BCUT2D eigenvalue weighted by Crippen LogP contribution is 2.17. The van der Waals surface area contributed by atoms with E-state index >= 15 is 0 Å². The van der Waals surface area contributed by atoms with Crippen molar-refractivity contribution in [2.24, 2.45) is 12.8 Å². The van der Waals surface area contributed by atoms with Crippen LogP contribution in [0.5, 0.6) is 11.6 Å². The van der Waals surface area contributed by atoms with E-state index in [0.29, 0.717) is 18.2 Å². The van der Waals surface area contributed by atoms with Gasteiger partial charge in [-0.05, 0) is 18.5 Å². The van der Waals surface area contributed by atoms with E-state index in [-0.39, 0.29) is 0 Å². The molecule has 0 aliphatic rings. The van der Waals surface area contributed by atoms with Gasteiger partial charge in [0.1, 0.15) is 0 Å². The zero-order chi connectivity index (χ0) is 11.4. The Morgan fingerprint density at radius 1 is 1.38 bits per heavy atom. The summed E-state index contributed by atoms with van der Waals surface area (Å²) in [5.74, 6) is 1.25. The van der Waals surface area contributed by atoms with Crippen molar-refractivity contribution < 1.29 is 4.74 Å². The second kappa shape index (κ2) is 4.76. The molecule has 0 aliphatic heterocycles. The highest BCUT2D eigenvalue weighted by atomic mass is 16.5. The van der Waals surface area contributed by atoms with Crippen molar-refractivity contribution in [2.75, 3.05) is 6.54 Å². The predicted octanol–water partition coefficient (Wildman–Crippen LogP) is 1.11. The van der Waals surface area contributed by atoms with Crippen molar-refractivity contribution in [1.82, 2.24) is 14.8 Å². The Kier molecular flexibility index (Phi) is 3.16. The summed E-state index contributed by atoms with van der Waals surface area (Å²) in [6.45, 7) is 0.629. The summed E-state index contributed by atoms with van der Waals surface area (Å²) in [6, 6.07) is 3.80. The van der Waals surface area contributed by atoms with Gasteiger partial charge in [0, 0.05) is 19.3 Å². The van der Waals surface area contributed by atoms with Gasteiger partial charge in [-0.2, -0.15) is 5.10 Å². The normalized spacial score (nSPS) is 10.4. The molecule has 84 valence electrons. The van der Waals surface area contributed by atoms with Gasteiger partial charge >= 0.3 is 0 Å². The molecule has 0 saturated carbocycles. The van der Waals surface area contributed by atoms with Crippen molar-refractivity contribution in [3.63, 3.8) is 0 Å². The van der Waals surface area contributed by atoms with Crippen LogP contribution in [0.15, 0.2) is 30.7 Å². The number of pyridine rings is 1. The Labute approximate surface area is 93.9 Å². The van der Waals surface area contributed by atoms with E-state index in [2.05, 4.69) is 10.1 Å². The second-order valence-corrected chi connectivity index (χ2v) is 3.50. The summed E-state index contributed by atoms with van der Waals surface area (Å²) in [4.78, 5) is 4.19. The van der Waals surface area contributed by atoms with E-state index in [1.165, 1.54) is 0 Å². The monoisotopic (exact) mass is 218 g/mol. The topological polar surface area (TPSA) is 66.0 Å². The first kappa shape index (κ1) is 10.6. The molecule has 16 heavy (non-hydrogen) atoms. The van der Waals surface area contributed by atoms with E-state index in [0.717, 1.165) is 12.0 Å². The van der Waals surface area contributed by atoms with Gasteiger partial charge in [-0.3, -0.25) is 4.68 Å². The second-order valence-electron chi connectivity index (χ2n) is 3.50. The minimum atomic E-state index is 0.564. The number of rotatable bonds is 4. The maximum atomic E-state index is 5.51. The Morgan fingerprint density at radius 3 is 2.81 bits per heavy atom. The van der Waals surface area contributed by atoms with Crippen molar-refractivity contribution >= 4 is 0 Å². The average molecular weight is 218 g/mol. The molecule has 2 aromatic heterocycles. The van der Waals surface area contributed by atoms with Gasteiger partial charge in [-0.1, -0.05) is 6.07 Å². The van der Waals surface area contributed by atoms with E-state index in [1.54, 1.807) is 23.3 Å². The lowest BCUT2D eigenvalue weighted by molar-refractivity contribution is 0.462. The number of hydrogen-bond acceptors (Lipinski definition) is 4. The summed E-state index contributed by atoms with van der Waals surface area (Å²) in [5, 5.41) is 4.01. The molecule has 2 aromatic rings. The van der Waals surface area contributed by atoms with Gasteiger partial charge in [-0.25, -0.2) is 4.98 Å². The molecule has 2 heterocycles. The molecular formula is C11H14N4O. The molecule has 0 saturated heterocycles. The van der Waals surface area contributed by atoms with Crippen LogP contribution < -0.4 is 10.5 Å². The van der Waals surface area contributed by atoms with Crippen LogP contribution in [0.3, 0.4) is 0 Å². The fourth-order valence-corrected chi connectivity index (χ4v) is 1.36.